The van der Waals surface area contributed by atoms with Crippen LogP contribution in [0.3, 0.4) is 0 Å². The molecular formula is C20H26ClN3O. The van der Waals surface area contributed by atoms with Gasteiger partial charge in [-0.2, -0.15) is 0 Å². The van der Waals surface area contributed by atoms with Crippen molar-refractivity contribution in [2.24, 2.45) is 11.8 Å². The molecule has 1 aromatic carbocycles. The van der Waals surface area contributed by atoms with Crippen molar-refractivity contribution in [2.75, 3.05) is 21.1 Å². The summed E-state index contributed by atoms with van der Waals surface area (Å²) in [5.41, 5.74) is 1.61. The molecular weight excluding hydrogens is 334 g/mol. The molecule has 2 aromatic rings. The summed E-state index contributed by atoms with van der Waals surface area (Å²) in [5.74, 6) is 1.63. The fourth-order valence-electron chi connectivity index (χ4n) is 4.86. The third-order valence-corrected chi connectivity index (χ3v) is 6.61. The van der Waals surface area contributed by atoms with E-state index in [-0.39, 0.29) is 5.91 Å². The van der Waals surface area contributed by atoms with Gasteiger partial charge in [0, 0.05) is 35.1 Å². The van der Waals surface area contributed by atoms with Crippen molar-refractivity contribution in [3.63, 3.8) is 0 Å². The Morgan fingerprint density at radius 1 is 1.04 bits per heavy atom. The van der Waals surface area contributed by atoms with Crippen LogP contribution in [0.2, 0.25) is 5.02 Å². The zero-order chi connectivity index (χ0) is 17.7. The third-order valence-electron chi connectivity index (χ3n) is 6.38. The average molecular weight is 360 g/mol. The number of nitrogens with one attached hydrogen (secondary N) is 1. The Labute approximate surface area is 154 Å². The number of carbonyl (C=O) groups excluding carboxylic acids is 1. The SMILES string of the molecule is CN(C)C1C[C@@H]2CC(N(C)C(=O)c3cc4cc(Cl)ccc4[nH]3)C[C@@H]2C1. The molecule has 1 aromatic heterocycles. The molecule has 0 spiro atoms. The molecule has 1 amide bonds. The zero-order valence-corrected chi connectivity index (χ0v) is 15.9. The van der Waals surface area contributed by atoms with E-state index in [2.05, 4.69) is 24.0 Å². The van der Waals surface area contributed by atoms with Crippen LogP contribution in [0.1, 0.15) is 36.2 Å². The van der Waals surface area contributed by atoms with E-state index in [4.69, 9.17) is 11.6 Å². The number of halogens is 1. The Balaban J connectivity index is 1.46. The summed E-state index contributed by atoms with van der Waals surface area (Å²) in [6.07, 6.45) is 4.84. The Morgan fingerprint density at radius 3 is 2.32 bits per heavy atom. The summed E-state index contributed by atoms with van der Waals surface area (Å²) in [4.78, 5) is 20.5. The first-order chi connectivity index (χ1) is 11.9. The normalized spacial score (nSPS) is 28.7. The van der Waals surface area contributed by atoms with E-state index in [1.807, 2.05) is 36.2 Å². The molecule has 5 heteroatoms. The molecule has 4 atom stereocenters. The number of carbonyl (C=O) groups is 1. The molecule has 2 unspecified atom stereocenters. The predicted molar refractivity (Wildman–Crippen MR) is 102 cm³/mol. The van der Waals surface area contributed by atoms with Crippen molar-refractivity contribution in [1.29, 1.82) is 0 Å². The van der Waals surface area contributed by atoms with Gasteiger partial charge in [0.15, 0.2) is 0 Å². The molecule has 2 fully saturated rings. The number of H-pyrrole nitrogens is 1. The van der Waals surface area contributed by atoms with Crippen molar-refractivity contribution in [2.45, 2.75) is 37.8 Å². The van der Waals surface area contributed by atoms with Crippen molar-refractivity contribution in [3.8, 4) is 0 Å². The minimum absolute atomic E-state index is 0.0847. The fourth-order valence-corrected chi connectivity index (χ4v) is 5.05. The van der Waals surface area contributed by atoms with Gasteiger partial charge >= 0.3 is 0 Å². The number of rotatable bonds is 3. The molecule has 2 aliphatic rings. The minimum Gasteiger partial charge on any atom is -0.351 e. The van der Waals surface area contributed by atoms with Crippen molar-refractivity contribution >= 4 is 28.4 Å². The number of aromatic nitrogens is 1. The van der Waals surface area contributed by atoms with E-state index in [9.17, 15) is 4.79 Å². The number of hydrogen-bond donors (Lipinski definition) is 1. The molecule has 4 nitrogen and oxygen atoms in total. The minimum atomic E-state index is 0.0847. The lowest BCUT2D eigenvalue weighted by Gasteiger charge is -2.26. The van der Waals surface area contributed by atoms with Crippen LogP contribution in [-0.4, -0.2) is 53.9 Å². The quantitative estimate of drug-likeness (QED) is 0.899. The van der Waals surface area contributed by atoms with E-state index >= 15 is 0 Å². The van der Waals surface area contributed by atoms with Gasteiger partial charge in [-0.25, -0.2) is 0 Å². The van der Waals surface area contributed by atoms with Gasteiger partial charge in [0.2, 0.25) is 0 Å². The molecule has 0 saturated heterocycles. The molecule has 0 bridgehead atoms. The molecule has 1 N–H and O–H groups in total. The summed E-state index contributed by atoms with van der Waals surface area (Å²) >= 11 is 6.05. The molecule has 0 aliphatic heterocycles. The molecule has 4 rings (SSSR count). The Morgan fingerprint density at radius 2 is 1.68 bits per heavy atom. The Hall–Kier alpha value is -1.52. The number of fused-ring (bicyclic) bond motifs is 2. The number of benzene rings is 1. The topological polar surface area (TPSA) is 39.3 Å². The van der Waals surface area contributed by atoms with Gasteiger partial charge in [-0.3, -0.25) is 4.79 Å². The van der Waals surface area contributed by atoms with Crippen LogP contribution in [0.5, 0.6) is 0 Å². The van der Waals surface area contributed by atoms with Crippen LogP contribution < -0.4 is 0 Å². The second-order valence-corrected chi connectivity index (χ2v) is 8.50. The maximum Gasteiger partial charge on any atom is 0.270 e. The van der Waals surface area contributed by atoms with Crippen LogP contribution in [0.4, 0.5) is 0 Å². The first-order valence-electron chi connectivity index (χ1n) is 9.14. The van der Waals surface area contributed by atoms with Gasteiger partial charge in [0.05, 0.1) is 0 Å². The fraction of sp³-hybridized carbons (Fsp3) is 0.550. The maximum atomic E-state index is 12.9. The van der Waals surface area contributed by atoms with Crippen LogP contribution in [0.25, 0.3) is 10.9 Å². The monoisotopic (exact) mass is 359 g/mol. The molecule has 2 saturated carbocycles. The van der Waals surface area contributed by atoms with E-state index < -0.39 is 0 Å². The molecule has 134 valence electrons. The maximum absolute atomic E-state index is 12.9. The van der Waals surface area contributed by atoms with Crippen LogP contribution in [0.15, 0.2) is 24.3 Å². The highest BCUT2D eigenvalue weighted by Crippen LogP contribution is 2.46. The van der Waals surface area contributed by atoms with Gasteiger partial charge < -0.3 is 14.8 Å². The third kappa shape index (κ3) is 3.06. The standard InChI is InChI=1S/C20H26ClN3O/c1-23(2)16-7-12-9-17(10-13(12)8-16)24(3)20(25)19-11-14-6-15(21)4-5-18(14)22-19/h4-6,11-13,16-17,22H,7-10H2,1-3H3/t12-,13+,16?,17?. The highest BCUT2D eigenvalue weighted by Gasteiger charge is 2.44. The van der Waals surface area contributed by atoms with Crippen LogP contribution in [-0.2, 0) is 0 Å². The molecule has 2 aliphatic carbocycles. The molecule has 25 heavy (non-hydrogen) atoms. The second-order valence-electron chi connectivity index (χ2n) is 8.06. The molecule has 1 heterocycles. The molecule has 0 radical (unpaired) electrons. The van der Waals surface area contributed by atoms with Crippen LogP contribution >= 0.6 is 11.6 Å². The van der Waals surface area contributed by atoms with E-state index in [0.29, 0.717) is 16.8 Å². The largest absolute Gasteiger partial charge is 0.351 e. The lowest BCUT2D eigenvalue weighted by Crippen LogP contribution is -2.36. The first-order valence-corrected chi connectivity index (χ1v) is 9.52. The zero-order valence-electron chi connectivity index (χ0n) is 15.1. The highest BCUT2D eigenvalue weighted by molar-refractivity contribution is 6.31. The lowest BCUT2D eigenvalue weighted by molar-refractivity contribution is 0.0721. The summed E-state index contributed by atoms with van der Waals surface area (Å²) < 4.78 is 0. The van der Waals surface area contributed by atoms with Gasteiger partial charge in [-0.1, -0.05) is 11.6 Å². The second kappa shape index (κ2) is 6.33. The van der Waals surface area contributed by atoms with E-state index in [1.54, 1.807) is 0 Å². The number of aromatic amines is 1. The lowest BCUT2D eigenvalue weighted by atomic mass is 10.0. The summed E-state index contributed by atoms with van der Waals surface area (Å²) in [6, 6.07) is 8.66. The van der Waals surface area contributed by atoms with Crippen molar-refractivity contribution in [1.82, 2.24) is 14.8 Å². The van der Waals surface area contributed by atoms with Crippen molar-refractivity contribution < 1.29 is 4.79 Å². The Bertz CT molecular complexity index is 785. The number of amides is 1. The van der Waals surface area contributed by atoms with E-state index in [1.165, 1.54) is 12.8 Å². The summed E-state index contributed by atoms with van der Waals surface area (Å²) in [5, 5.41) is 1.68. The van der Waals surface area contributed by atoms with Gasteiger partial charge in [-0.05, 0) is 75.9 Å². The number of hydrogen-bond acceptors (Lipinski definition) is 2. The predicted octanol–water partition coefficient (Wildman–Crippen LogP) is 4.01. The van der Waals surface area contributed by atoms with E-state index in [0.717, 1.165) is 41.6 Å². The highest BCUT2D eigenvalue weighted by atomic mass is 35.5. The average Bonchev–Trinajstić information content (AvgIpc) is 3.24. The Kier molecular flexibility index (Phi) is 4.28. The van der Waals surface area contributed by atoms with Crippen LogP contribution in [0, 0.1) is 11.8 Å². The summed E-state index contributed by atoms with van der Waals surface area (Å²) in [7, 11) is 6.32. The first kappa shape index (κ1) is 16.9. The van der Waals surface area contributed by atoms with Gasteiger partial charge in [0.25, 0.3) is 5.91 Å². The summed E-state index contributed by atoms with van der Waals surface area (Å²) in [6.45, 7) is 0. The smallest absolute Gasteiger partial charge is 0.270 e. The van der Waals surface area contributed by atoms with Gasteiger partial charge in [-0.15, -0.1) is 0 Å². The van der Waals surface area contributed by atoms with Crippen molar-refractivity contribution in [3.05, 3.63) is 35.0 Å². The van der Waals surface area contributed by atoms with Gasteiger partial charge in [0.1, 0.15) is 5.69 Å². The number of nitrogens with zero attached hydrogens (tertiary/aromatic N) is 2.